The number of rotatable bonds is 7. The molecular weight excluding hydrogens is 286 g/mol. The van der Waals surface area contributed by atoms with Gasteiger partial charge in [0.15, 0.2) is 5.78 Å². The predicted molar refractivity (Wildman–Crippen MR) is 97.1 cm³/mol. The molecule has 1 aromatic carbocycles. The van der Waals surface area contributed by atoms with E-state index in [2.05, 4.69) is 4.99 Å². The van der Waals surface area contributed by atoms with E-state index >= 15 is 0 Å². The second-order valence-electron chi connectivity index (χ2n) is 4.71. The Kier molecular flexibility index (Phi) is 9.06. The van der Waals surface area contributed by atoms with Crippen LogP contribution in [0.1, 0.15) is 49.2 Å². The van der Waals surface area contributed by atoms with Crippen LogP contribution in [0.25, 0.3) is 6.08 Å². The highest BCUT2D eigenvalue weighted by Crippen LogP contribution is 2.09. The molecule has 0 saturated carbocycles. The Labute approximate surface area is 138 Å². The molecule has 1 aromatic heterocycles. The molecule has 2 aromatic rings. The van der Waals surface area contributed by atoms with Crippen molar-refractivity contribution in [3.63, 3.8) is 0 Å². The van der Waals surface area contributed by atoms with Crippen LogP contribution in [0.3, 0.4) is 0 Å². The van der Waals surface area contributed by atoms with E-state index in [0.29, 0.717) is 6.42 Å². The summed E-state index contributed by atoms with van der Waals surface area (Å²) in [5, 5.41) is 0. The van der Waals surface area contributed by atoms with Crippen LogP contribution in [0.2, 0.25) is 0 Å². The molecule has 0 atom stereocenters. The lowest BCUT2D eigenvalue weighted by Gasteiger charge is -2.01. The average Bonchev–Trinajstić information content (AvgIpc) is 3.14. The molecule has 0 spiro atoms. The number of Topliss-reactive ketones (excluding diaryl/α,β-unsaturated/α-hetero) is 1. The Morgan fingerprint density at radius 2 is 1.83 bits per heavy atom. The molecule has 0 aliphatic carbocycles. The summed E-state index contributed by atoms with van der Waals surface area (Å²) in [7, 11) is 1.76. The van der Waals surface area contributed by atoms with Gasteiger partial charge in [-0.3, -0.25) is 9.79 Å². The largest absolute Gasteiger partial charge is 0.465 e. The third-order valence-corrected chi connectivity index (χ3v) is 3.20. The summed E-state index contributed by atoms with van der Waals surface area (Å²) in [5.41, 5.74) is 1.74. The standard InChI is InChI=1S/C18H19NO2.C2H6/c1-19-16(12-13-17-10-6-14-21-17)9-5-11-18(20)15-7-3-2-4-8-15;1-2/h2-4,6-8,10,12-14H,5,9,11H2,1H3;1-2H3/b13-12+,19-16?;. The number of allylic oxidation sites excluding steroid dienone is 1. The second kappa shape index (κ2) is 11.2. The summed E-state index contributed by atoms with van der Waals surface area (Å²) in [4.78, 5) is 16.2. The fraction of sp³-hybridized carbons (Fsp3) is 0.300. The molecule has 3 heteroatoms. The molecule has 0 radical (unpaired) electrons. The Hall–Kier alpha value is -2.42. The van der Waals surface area contributed by atoms with Crippen LogP contribution in [0.5, 0.6) is 0 Å². The van der Waals surface area contributed by atoms with Gasteiger partial charge in [0.2, 0.25) is 0 Å². The molecule has 0 unspecified atom stereocenters. The van der Waals surface area contributed by atoms with Crippen molar-refractivity contribution in [3.8, 4) is 0 Å². The van der Waals surface area contributed by atoms with E-state index in [1.54, 1.807) is 13.3 Å². The lowest BCUT2D eigenvalue weighted by molar-refractivity contribution is 0.0981. The first-order chi connectivity index (χ1) is 11.3. The van der Waals surface area contributed by atoms with Gasteiger partial charge in [0.25, 0.3) is 0 Å². The summed E-state index contributed by atoms with van der Waals surface area (Å²) >= 11 is 0. The number of carbonyl (C=O) groups is 1. The Balaban J connectivity index is 0.00000127. The van der Waals surface area contributed by atoms with Gasteiger partial charge in [-0.2, -0.15) is 0 Å². The highest BCUT2D eigenvalue weighted by molar-refractivity contribution is 5.99. The Morgan fingerprint density at radius 3 is 2.43 bits per heavy atom. The number of aliphatic imine (C=N–C) groups is 1. The third kappa shape index (κ3) is 6.92. The summed E-state index contributed by atoms with van der Waals surface area (Å²) in [6, 6.07) is 13.1. The van der Waals surface area contributed by atoms with Crippen LogP contribution in [0.4, 0.5) is 0 Å². The van der Waals surface area contributed by atoms with Crippen molar-refractivity contribution in [2.75, 3.05) is 7.05 Å². The maximum Gasteiger partial charge on any atom is 0.162 e. The zero-order valence-corrected chi connectivity index (χ0v) is 14.2. The van der Waals surface area contributed by atoms with Crippen LogP contribution in [0.15, 0.2) is 64.2 Å². The summed E-state index contributed by atoms with van der Waals surface area (Å²) in [6.07, 6.45) is 7.58. The first-order valence-corrected chi connectivity index (χ1v) is 8.05. The van der Waals surface area contributed by atoms with E-state index in [-0.39, 0.29) is 5.78 Å². The number of benzene rings is 1. The first kappa shape index (κ1) is 18.6. The fourth-order valence-corrected chi connectivity index (χ4v) is 2.03. The predicted octanol–water partition coefficient (Wildman–Crippen LogP) is 5.44. The van der Waals surface area contributed by atoms with Crippen LogP contribution in [-0.4, -0.2) is 18.5 Å². The minimum absolute atomic E-state index is 0.182. The fourth-order valence-electron chi connectivity index (χ4n) is 2.03. The van der Waals surface area contributed by atoms with Crippen LogP contribution in [0, 0.1) is 0 Å². The SMILES string of the molecule is CC.CN=C(/C=C/c1ccco1)CCCC(=O)c1ccccc1. The van der Waals surface area contributed by atoms with Crippen molar-refractivity contribution in [3.05, 3.63) is 66.1 Å². The van der Waals surface area contributed by atoms with Crippen molar-refractivity contribution in [2.24, 2.45) is 4.99 Å². The van der Waals surface area contributed by atoms with E-state index in [0.717, 1.165) is 29.9 Å². The minimum atomic E-state index is 0.182. The number of hydrogen-bond donors (Lipinski definition) is 0. The quantitative estimate of drug-likeness (QED) is 0.504. The van der Waals surface area contributed by atoms with Crippen LogP contribution < -0.4 is 0 Å². The summed E-state index contributed by atoms with van der Waals surface area (Å²) in [6.45, 7) is 4.00. The van der Waals surface area contributed by atoms with Crippen molar-refractivity contribution in [2.45, 2.75) is 33.1 Å². The third-order valence-electron chi connectivity index (χ3n) is 3.20. The highest BCUT2D eigenvalue weighted by Gasteiger charge is 2.05. The van der Waals surface area contributed by atoms with Gasteiger partial charge >= 0.3 is 0 Å². The van der Waals surface area contributed by atoms with E-state index < -0.39 is 0 Å². The van der Waals surface area contributed by atoms with E-state index in [9.17, 15) is 4.79 Å². The van der Waals surface area contributed by atoms with Crippen molar-refractivity contribution in [1.29, 1.82) is 0 Å². The Morgan fingerprint density at radius 1 is 1.09 bits per heavy atom. The van der Waals surface area contributed by atoms with Gasteiger partial charge in [0.1, 0.15) is 5.76 Å². The normalized spacial score (nSPS) is 11.2. The molecule has 1 heterocycles. The molecule has 3 nitrogen and oxygen atoms in total. The zero-order valence-electron chi connectivity index (χ0n) is 14.2. The van der Waals surface area contributed by atoms with Crippen LogP contribution in [-0.2, 0) is 0 Å². The van der Waals surface area contributed by atoms with E-state index in [4.69, 9.17) is 4.42 Å². The monoisotopic (exact) mass is 311 g/mol. The Bertz CT molecular complexity index is 610. The summed E-state index contributed by atoms with van der Waals surface area (Å²) in [5.74, 6) is 0.984. The van der Waals surface area contributed by atoms with Crippen molar-refractivity contribution >= 4 is 17.6 Å². The first-order valence-electron chi connectivity index (χ1n) is 8.05. The smallest absolute Gasteiger partial charge is 0.162 e. The number of furan rings is 1. The number of carbonyl (C=O) groups excluding carboxylic acids is 1. The minimum Gasteiger partial charge on any atom is -0.465 e. The topological polar surface area (TPSA) is 42.6 Å². The molecule has 0 N–H and O–H groups in total. The molecule has 0 amide bonds. The maximum atomic E-state index is 12.0. The molecule has 0 saturated heterocycles. The van der Waals surface area contributed by atoms with Gasteiger partial charge in [0.05, 0.1) is 6.26 Å². The molecule has 23 heavy (non-hydrogen) atoms. The summed E-state index contributed by atoms with van der Waals surface area (Å²) < 4.78 is 5.23. The van der Waals surface area contributed by atoms with Crippen molar-refractivity contribution in [1.82, 2.24) is 0 Å². The highest BCUT2D eigenvalue weighted by atomic mass is 16.3. The molecule has 0 aliphatic heterocycles. The van der Waals surface area contributed by atoms with E-state index in [1.807, 2.05) is 68.5 Å². The van der Waals surface area contributed by atoms with Crippen molar-refractivity contribution < 1.29 is 9.21 Å². The average molecular weight is 311 g/mol. The molecule has 0 aliphatic rings. The number of nitrogens with zero attached hydrogens (tertiary/aromatic N) is 1. The molecule has 122 valence electrons. The van der Waals surface area contributed by atoms with Gasteiger partial charge in [-0.25, -0.2) is 0 Å². The lowest BCUT2D eigenvalue weighted by atomic mass is 10.0. The van der Waals surface area contributed by atoms with Gasteiger partial charge in [-0.05, 0) is 37.1 Å². The molecule has 0 bridgehead atoms. The van der Waals surface area contributed by atoms with Gasteiger partial charge in [0, 0.05) is 24.7 Å². The molecule has 0 fully saturated rings. The number of ketones is 1. The lowest BCUT2D eigenvalue weighted by Crippen LogP contribution is -2.01. The number of hydrogen-bond acceptors (Lipinski definition) is 3. The zero-order chi connectivity index (χ0) is 16.9. The van der Waals surface area contributed by atoms with Crippen LogP contribution >= 0.6 is 0 Å². The maximum absolute atomic E-state index is 12.0. The van der Waals surface area contributed by atoms with Gasteiger partial charge in [-0.15, -0.1) is 0 Å². The van der Waals surface area contributed by atoms with E-state index in [1.165, 1.54) is 0 Å². The molecule has 2 rings (SSSR count). The van der Waals surface area contributed by atoms with Gasteiger partial charge < -0.3 is 4.42 Å². The van der Waals surface area contributed by atoms with Gasteiger partial charge in [-0.1, -0.05) is 44.2 Å². The molecular formula is C20H25NO2. The second-order valence-corrected chi connectivity index (χ2v) is 4.71.